The van der Waals surface area contributed by atoms with Gasteiger partial charge in [0, 0.05) is 5.92 Å². The first-order valence-corrected chi connectivity index (χ1v) is 11.7. The summed E-state index contributed by atoms with van der Waals surface area (Å²) < 4.78 is 12.0. The SMILES string of the molecule is CC(C)(C)C(C)(O[Si])[C@](C)(O)[C@@H](COCc1ccccc1)Cc1cccc2ccccc12. The lowest BCUT2D eigenvalue weighted by atomic mass is 9.63. The first-order valence-electron chi connectivity index (χ1n) is 11.3. The quantitative estimate of drug-likeness (QED) is 0.417. The van der Waals surface area contributed by atoms with Crippen molar-refractivity contribution in [3.8, 4) is 0 Å². The van der Waals surface area contributed by atoms with Gasteiger partial charge in [-0.25, -0.2) is 0 Å². The van der Waals surface area contributed by atoms with Crippen LogP contribution in [0.4, 0.5) is 0 Å². The molecule has 1 N–H and O–H groups in total. The normalized spacial score (nSPS) is 17.0. The van der Waals surface area contributed by atoms with Crippen LogP contribution in [0.2, 0.25) is 0 Å². The van der Waals surface area contributed by atoms with E-state index in [2.05, 4.69) is 85.9 Å². The van der Waals surface area contributed by atoms with Crippen LogP contribution in [0.25, 0.3) is 10.8 Å². The summed E-state index contributed by atoms with van der Waals surface area (Å²) in [5.41, 5.74) is -0.0506. The molecular weight excluding hydrogens is 412 g/mol. The van der Waals surface area contributed by atoms with Crippen LogP contribution < -0.4 is 0 Å². The predicted molar refractivity (Wildman–Crippen MR) is 133 cm³/mol. The summed E-state index contributed by atoms with van der Waals surface area (Å²) in [6, 6.07) is 24.9. The summed E-state index contributed by atoms with van der Waals surface area (Å²) in [5.74, 6) is -0.197. The molecule has 0 aliphatic heterocycles. The summed E-state index contributed by atoms with van der Waals surface area (Å²) in [6.45, 7) is 11.0. The average molecular weight is 448 g/mol. The molecule has 1 unspecified atom stereocenters. The van der Waals surface area contributed by atoms with E-state index in [1.807, 2.05) is 32.0 Å². The van der Waals surface area contributed by atoms with Gasteiger partial charge in [0.05, 0.1) is 24.4 Å². The zero-order valence-electron chi connectivity index (χ0n) is 19.9. The number of hydrogen-bond donors (Lipinski definition) is 1. The maximum Gasteiger partial charge on any atom is 0.247 e. The summed E-state index contributed by atoms with van der Waals surface area (Å²) in [6.07, 6.45) is 0.671. The zero-order valence-corrected chi connectivity index (χ0v) is 20.9. The summed E-state index contributed by atoms with van der Waals surface area (Å²) in [7, 11) is 3.30. The summed E-state index contributed by atoms with van der Waals surface area (Å²) in [4.78, 5) is 0. The van der Waals surface area contributed by atoms with Crippen molar-refractivity contribution in [2.75, 3.05) is 6.61 Å². The number of ether oxygens (including phenoxy) is 1. The standard InChI is InChI=1S/C28H35O3Si/c1-26(2,3)28(5,31-32)27(4,29)24(20-30-19-21-12-7-6-8-13-21)18-23-16-11-15-22-14-9-10-17-25(22)23/h6-17,24,29H,18-20H2,1-5H3/t24-,27-,28?/m1/s1. The fraction of sp³-hybridized carbons (Fsp3) is 0.429. The average Bonchev–Trinajstić information content (AvgIpc) is 2.77. The van der Waals surface area contributed by atoms with Crippen LogP contribution in [0.1, 0.15) is 45.7 Å². The second kappa shape index (κ2) is 9.88. The van der Waals surface area contributed by atoms with Gasteiger partial charge in [-0.2, -0.15) is 0 Å². The third kappa shape index (κ3) is 4.99. The van der Waals surface area contributed by atoms with E-state index in [0.717, 1.165) is 5.56 Å². The van der Waals surface area contributed by atoms with Crippen LogP contribution in [0.5, 0.6) is 0 Å². The summed E-state index contributed by atoms with van der Waals surface area (Å²) >= 11 is 0. The van der Waals surface area contributed by atoms with Crippen LogP contribution in [0.3, 0.4) is 0 Å². The minimum absolute atomic E-state index is 0.197. The molecule has 0 amide bonds. The zero-order chi connectivity index (χ0) is 23.4. The number of hydrogen-bond acceptors (Lipinski definition) is 3. The Morgan fingerprint density at radius 2 is 1.47 bits per heavy atom. The van der Waals surface area contributed by atoms with Gasteiger partial charge in [-0.15, -0.1) is 0 Å². The molecule has 0 aliphatic carbocycles. The molecule has 0 fully saturated rings. The van der Waals surface area contributed by atoms with E-state index in [1.165, 1.54) is 16.3 Å². The first kappa shape index (κ1) is 24.7. The first-order chi connectivity index (χ1) is 15.1. The van der Waals surface area contributed by atoms with Gasteiger partial charge in [-0.1, -0.05) is 93.6 Å². The van der Waals surface area contributed by atoms with Gasteiger partial charge in [0.2, 0.25) is 10.5 Å². The van der Waals surface area contributed by atoms with Crippen molar-refractivity contribution in [2.45, 2.75) is 58.8 Å². The van der Waals surface area contributed by atoms with Crippen molar-refractivity contribution in [1.82, 2.24) is 0 Å². The maximum absolute atomic E-state index is 12.0. The highest BCUT2D eigenvalue weighted by atomic mass is 28.2. The van der Waals surface area contributed by atoms with E-state index in [0.29, 0.717) is 19.6 Å². The molecule has 0 saturated carbocycles. The Morgan fingerprint density at radius 3 is 2.12 bits per heavy atom. The number of rotatable bonds is 9. The Kier molecular flexibility index (Phi) is 7.61. The molecule has 3 aromatic carbocycles. The van der Waals surface area contributed by atoms with Crippen LogP contribution in [-0.4, -0.2) is 33.4 Å². The molecule has 0 saturated heterocycles. The predicted octanol–water partition coefficient (Wildman–Crippen LogP) is 5.87. The van der Waals surface area contributed by atoms with E-state index < -0.39 is 11.2 Å². The van der Waals surface area contributed by atoms with Crippen molar-refractivity contribution < 1.29 is 14.3 Å². The number of benzene rings is 3. The lowest BCUT2D eigenvalue weighted by molar-refractivity contribution is -0.200. The largest absolute Gasteiger partial charge is 0.410 e. The van der Waals surface area contributed by atoms with E-state index in [-0.39, 0.29) is 11.3 Å². The number of aliphatic hydroxyl groups is 1. The van der Waals surface area contributed by atoms with E-state index in [9.17, 15) is 5.11 Å². The molecule has 32 heavy (non-hydrogen) atoms. The highest BCUT2D eigenvalue weighted by Crippen LogP contribution is 2.46. The highest BCUT2D eigenvalue weighted by molar-refractivity contribution is 5.98. The van der Waals surface area contributed by atoms with E-state index in [1.54, 1.807) is 0 Å². The van der Waals surface area contributed by atoms with Crippen LogP contribution in [0, 0.1) is 11.3 Å². The Balaban J connectivity index is 1.94. The molecule has 0 aromatic heterocycles. The second-order valence-electron chi connectivity index (χ2n) is 10.1. The molecular formula is C28H35O3Si. The van der Waals surface area contributed by atoms with E-state index >= 15 is 0 Å². The highest BCUT2D eigenvalue weighted by Gasteiger charge is 2.55. The Bertz CT molecular complexity index is 1000. The maximum atomic E-state index is 12.0. The molecule has 169 valence electrons. The van der Waals surface area contributed by atoms with Gasteiger partial charge < -0.3 is 14.3 Å². The fourth-order valence-electron chi connectivity index (χ4n) is 4.45. The monoisotopic (exact) mass is 447 g/mol. The van der Waals surface area contributed by atoms with Gasteiger partial charge in [0.25, 0.3) is 0 Å². The Morgan fingerprint density at radius 1 is 0.844 bits per heavy atom. The Hall–Kier alpha value is -1.98. The molecule has 3 nitrogen and oxygen atoms in total. The van der Waals surface area contributed by atoms with Crippen LogP contribution in [-0.2, 0) is 22.2 Å². The Labute approximate surface area is 196 Å². The van der Waals surface area contributed by atoms with Gasteiger partial charge in [-0.05, 0) is 47.6 Å². The second-order valence-corrected chi connectivity index (χ2v) is 10.3. The molecule has 0 bridgehead atoms. The minimum atomic E-state index is -1.18. The van der Waals surface area contributed by atoms with Crippen LogP contribution in [0.15, 0.2) is 72.8 Å². The topological polar surface area (TPSA) is 38.7 Å². The molecule has 0 heterocycles. The van der Waals surface area contributed by atoms with Gasteiger partial charge in [0.1, 0.15) is 0 Å². The number of fused-ring (bicyclic) bond motifs is 1. The van der Waals surface area contributed by atoms with Gasteiger partial charge in [-0.3, -0.25) is 0 Å². The molecule has 3 radical (unpaired) electrons. The lowest BCUT2D eigenvalue weighted by Gasteiger charge is -2.53. The molecule has 0 spiro atoms. The third-order valence-corrected chi connectivity index (χ3v) is 7.58. The molecule has 3 atom stereocenters. The van der Waals surface area contributed by atoms with Crippen LogP contribution >= 0.6 is 0 Å². The van der Waals surface area contributed by atoms with Crippen molar-refractivity contribution in [1.29, 1.82) is 0 Å². The lowest BCUT2D eigenvalue weighted by Crippen LogP contribution is -2.64. The smallest absolute Gasteiger partial charge is 0.247 e. The van der Waals surface area contributed by atoms with Crippen molar-refractivity contribution >= 4 is 21.3 Å². The minimum Gasteiger partial charge on any atom is -0.410 e. The van der Waals surface area contributed by atoms with Crippen molar-refractivity contribution in [2.24, 2.45) is 11.3 Å². The molecule has 0 aliphatic rings. The fourth-order valence-corrected chi connectivity index (χ4v) is 4.97. The molecule has 3 rings (SSSR count). The summed E-state index contributed by atoms with van der Waals surface area (Å²) in [5, 5.41) is 14.4. The van der Waals surface area contributed by atoms with Gasteiger partial charge >= 0.3 is 0 Å². The van der Waals surface area contributed by atoms with Gasteiger partial charge in [0.15, 0.2) is 0 Å². The molecule has 3 aromatic rings. The third-order valence-electron chi connectivity index (χ3n) is 7.17. The van der Waals surface area contributed by atoms with Crippen molar-refractivity contribution in [3.63, 3.8) is 0 Å². The molecule has 4 heteroatoms. The van der Waals surface area contributed by atoms with E-state index in [4.69, 9.17) is 9.16 Å². The van der Waals surface area contributed by atoms with Crippen molar-refractivity contribution in [3.05, 3.63) is 83.9 Å².